The van der Waals surface area contributed by atoms with E-state index in [1.165, 1.54) is 12.3 Å². The van der Waals surface area contributed by atoms with Gasteiger partial charge in [-0.25, -0.2) is 0 Å². The summed E-state index contributed by atoms with van der Waals surface area (Å²) < 4.78 is 28.1. The van der Waals surface area contributed by atoms with E-state index in [4.69, 9.17) is 5.41 Å². The number of allylic oxidation sites excluding steroid dienone is 2. The molecule has 0 aromatic carbocycles. The van der Waals surface area contributed by atoms with Crippen LogP contribution in [0.3, 0.4) is 0 Å². The number of alkyl halides is 2. The summed E-state index contributed by atoms with van der Waals surface area (Å²) in [7, 11) is 0. The lowest BCUT2D eigenvalue weighted by Gasteiger charge is -2.06. The first-order valence-electron chi connectivity index (χ1n) is 4.75. The van der Waals surface area contributed by atoms with Crippen LogP contribution in [0.5, 0.6) is 0 Å². The van der Waals surface area contributed by atoms with Crippen molar-refractivity contribution in [2.24, 2.45) is 4.99 Å². The second-order valence-corrected chi connectivity index (χ2v) is 2.86. The lowest BCUT2D eigenvalue weighted by molar-refractivity contribution is -0.0977. The van der Waals surface area contributed by atoms with Crippen LogP contribution in [-0.4, -0.2) is 25.1 Å². The van der Waals surface area contributed by atoms with Gasteiger partial charge in [-0.05, 0) is 19.2 Å². The van der Waals surface area contributed by atoms with Gasteiger partial charge in [0.05, 0.1) is 0 Å². The molecule has 0 aliphatic heterocycles. The number of hydrogen-bond acceptors (Lipinski definition) is 3. The predicted octanol–water partition coefficient (Wildman–Crippen LogP) is 3.02. The maximum absolute atomic E-state index is 11.9. The van der Waals surface area contributed by atoms with Gasteiger partial charge >= 0.3 is 6.61 Å². The predicted molar refractivity (Wildman–Crippen MR) is 56.8 cm³/mol. The largest absolute Gasteiger partial charge is 0.439 e. The third kappa shape index (κ3) is 7.78. The van der Waals surface area contributed by atoms with Crippen LogP contribution >= 0.6 is 0 Å². The smallest absolute Gasteiger partial charge is 0.387 e. The standard InChI is InChI=1S/C10H16F2N2O/c1-3-9(15-10(11)12)7-8(2)14-6-4-5-13/h5,7,10,13H,3-4,6H2,1-2H3/b9-7+,13-5?,14-8?. The molecule has 3 nitrogen and oxygen atoms in total. The number of aliphatic imine (C=N–C) groups is 1. The minimum atomic E-state index is -2.79. The van der Waals surface area contributed by atoms with Crippen LogP contribution in [0.2, 0.25) is 0 Å². The van der Waals surface area contributed by atoms with Crippen molar-refractivity contribution in [2.45, 2.75) is 33.3 Å². The first-order chi connectivity index (χ1) is 7.10. The summed E-state index contributed by atoms with van der Waals surface area (Å²) in [5.74, 6) is 0.223. The van der Waals surface area contributed by atoms with Crippen molar-refractivity contribution in [1.29, 1.82) is 5.41 Å². The SMILES string of the molecule is CC/C(=C\C(C)=NCCC=N)OC(F)F. The Labute approximate surface area is 88.4 Å². The van der Waals surface area contributed by atoms with E-state index in [-0.39, 0.29) is 5.76 Å². The van der Waals surface area contributed by atoms with E-state index in [1.807, 2.05) is 0 Å². The molecule has 0 unspecified atom stereocenters. The van der Waals surface area contributed by atoms with Crippen LogP contribution in [0.15, 0.2) is 16.8 Å². The minimum Gasteiger partial charge on any atom is -0.439 e. The summed E-state index contributed by atoms with van der Waals surface area (Å²) >= 11 is 0. The van der Waals surface area contributed by atoms with Gasteiger partial charge < -0.3 is 10.1 Å². The van der Waals surface area contributed by atoms with Crippen molar-refractivity contribution in [3.05, 3.63) is 11.8 Å². The molecule has 0 aromatic rings. The fourth-order valence-electron chi connectivity index (χ4n) is 0.918. The lowest BCUT2D eigenvalue weighted by Crippen LogP contribution is -2.01. The van der Waals surface area contributed by atoms with Crippen LogP contribution in [0.1, 0.15) is 26.7 Å². The summed E-state index contributed by atoms with van der Waals surface area (Å²) in [5, 5.41) is 6.78. The molecule has 0 aromatic heterocycles. The zero-order valence-electron chi connectivity index (χ0n) is 8.96. The Balaban J connectivity index is 4.26. The van der Waals surface area contributed by atoms with Crippen LogP contribution in [0.4, 0.5) is 8.78 Å². The molecule has 0 spiro atoms. The molecule has 0 radical (unpaired) electrons. The van der Waals surface area contributed by atoms with Gasteiger partial charge in [0.15, 0.2) is 0 Å². The third-order valence-electron chi connectivity index (χ3n) is 1.59. The third-order valence-corrected chi connectivity index (χ3v) is 1.59. The quantitative estimate of drug-likeness (QED) is 0.398. The second-order valence-electron chi connectivity index (χ2n) is 2.86. The van der Waals surface area contributed by atoms with Gasteiger partial charge in [0.1, 0.15) is 5.76 Å². The Hall–Kier alpha value is -1.26. The summed E-state index contributed by atoms with van der Waals surface area (Å²) in [6, 6.07) is 0. The number of ether oxygens (including phenoxy) is 1. The van der Waals surface area contributed by atoms with Crippen LogP contribution in [0.25, 0.3) is 0 Å². The number of nitrogens with one attached hydrogen (secondary N) is 1. The molecular formula is C10H16F2N2O. The number of nitrogens with zero attached hydrogens (tertiary/aromatic N) is 1. The highest BCUT2D eigenvalue weighted by Crippen LogP contribution is 2.09. The maximum atomic E-state index is 11.9. The van der Waals surface area contributed by atoms with Crippen molar-refractivity contribution >= 4 is 11.9 Å². The number of hydrogen-bond donors (Lipinski definition) is 1. The lowest BCUT2D eigenvalue weighted by atomic mass is 10.3. The average molecular weight is 218 g/mol. The minimum absolute atomic E-state index is 0.223. The Morgan fingerprint density at radius 2 is 2.20 bits per heavy atom. The van der Waals surface area contributed by atoms with Gasteiger partial charge in [-0.2, -0.15) is 8.78 Å². The van der Waals surface area contributed by atoms with E-state index < -0.39 is 6.61 Å². The highest BCUT2D eigenvalue weighted by molar-refractivity contribution is 5.93. The zero-order valence-corrected chi connectivity index (χ0v) is 8.96. The molecule has 5 heteroatoms. The molecule has 0 aliphatic carbocycles. The van der Waals surface area contributed by atoms with Crippen molar-refractivity contribution < 1.29 is 13.5 Å². The molecule has 0 fully saturated rings. The normalized spacial score (nSPS) is 13.1. The van der Waals surface area contributed by atoms with Crippen molar-refractivity contribution in [3.63, 3.8) is 0 Å². The molecule has 0 saturated carbocycles. The Kier molecular flexibility index (Phi) is 7.40. The number of rotatable bonds is 7. The van der Waals surface area contributed by atoms with E-state index in [0.717, 1.165) is 0 Å². The molecule has 0 atom stereocenters. The van der Waals surface area contributed by atoms with E-state index in [2.05, 4.69) is 9.73 Å². The maximum Gasteiger partial charge on any atom is 0.387 e. The van der Waals surface area contributed by atoms with E-state index >= 15 is 0 Å². The van der Waals surface area contributed by atoms with Gasteiger partial charge in [-0.3, -0.25) is 4.99 Å². The van der Waals surface area contributed by atoms with Crippen LogP contribution < -0.4 is 0 Å². The number of halogens is 2. The van der Waals surface area contributed by atoms with Gasteiger partial charge in [-0.15, -0.1) is 0 Å². The highest BCUT2D eigenvalue weighted by atomic mass is 19.3. The zero-order chi connectivity index (χ0) is 11.7. The Morgan fingerprint density at radius 1 is 1.53 bits per heavy atom. The summed E-state index contributed by atoms with van der Waals surface area (Å²) in [5.41, 5.74) is 0.634. The monoisotopic (exact) mass is 218 g/mol. The first-order valence-corrected chi connectivity index (χ1v) is 4.75. The molecule has 0 heterocycles. The molecule has 0 aliphatic rings. The summed E-state index contributed by atoms with van der Waals surface area (Å²) in [6.45, 7) is 1.16. The second kappa shape index (κ2) is 8.08. The highest BCUT2D eigenvalue weighted by Gasteiger charge is 2.05. The fraction of sp³-hybridized carbons (Fsp3) is 0.600. The van der Waals surface area contributed by atoms with Crippen molar-refractivity contribution in [2.75, 3.05) is 6.54 Å². The first kappa shape index (κ1) is 13.7. The Bertz CT molecular complexity index is 250. The molecule has 0 amide bonds. The van der Waals surface area contributed by atoms with E-state index in [0.29, 0.717) is 25.1 Å². The van der Waals surface area contributed by atoms with Crippen molar-refractivity contribution in [1.82, 2.24) is 0 Å². The van der Waals surface area contributed by atoms with Crippen LogP contribution in [-0.2, 0) is 4.74 Å². The molecule has 0 bridgehead atoms. The van der Waals surface area contributed by atoms with Gasteiger partial charge in [0.25, 0.3) is 0 Å². The van der Waals surface area contributed by atoms with Gasteiger partial charge in [-0.1, -0.05) is 6.92 Å². The average Bonchev–Trinajstić information content (AvgIpc) is 2.16. The molecule has 15 heavy (non-hydrogen) atoms. The molecular weight excluding hydrogens is 202 g/mol. The summed E-state index contributed by atoms with van der Waals surface area (Å²) in [4.78, 5) is 4.07. The van der Waals surface area contributed by atoms with Gasteiger partial charge in [0, 0.05) is 25.1 Å². The van der Waals surface area contributed by atoms with E-state index in [9.17, 15) is 8.78 Å². The molecule has 86 valence electrons. The topological polar surface area (TPSA) is 45.4 Å². The summed E-state index contributed by atoms with van der Waals surface area (Å²) in [6.07, 6.45) is 3.72. The Morgan fingerprint density at radius 3 is 2.67 bits per heavy atom. The molecule has 0 saturated heterocycles. The fourth-order valence-corrected chi connectivity index (χ4v) is 0.918. The molecule has 0 rings (SSSR count). The van der Waals surface area contributed by atoms with Gasteiger partial charge in [0.2, 0.25) is 0 Å². The van der Waals surface area contributed by atoms with E-state index in [1.54, 1.807) is 13.8 Å². The van der Waals surface area contributed by atoms with Crippen LogP contribution in [0, 0.1) is 5.41 Å². The molecule has 1 N–H and O–H groups in total. The van der Waals surface area contributed by atoms with Crippen molar-refractivity contribution in [3.8, 4) is 0 Å².